The molecule has 1 fully saturated rings. The molecule has 4 aromatic rings. The van der Waals surface area contributed by atoms with Crippen molar-refractivity contribution in [2.24, 2.45) is 0 Å². The van der Waals surface area contributed by atoms with E-state index < -0.39 is 0 Å². The first-order valence-electron chi connectivity index (χ1n) is 11.0. The molecule has 6 rings (SSSR count). The van der Waals surface area contributed by atoms with Crippen LogP contribution < -0.4 is 4.74 Å². The molecule has 4 heterocycles. The van der Waals surface area contributed by atoms with Gasteiger partial charge in [0.1, 0.15) is 11.8 Å². The predicted octanol–water partition coefficient (Wildman–Crippen LogP) is 5.96. The van der Waals surface area contributed by atoms with Gasteiger partial charge < -0.3 is 9.30 Å². The first kappa shape index (κ1) is 17.7. The van der Waals surface area contributed by atoms with E-state index in [4.69, 9.17) is 9.72 Å². The molecular formula is C26H25N3O. The van der Waals surface area contributed by atoms with E-state index in [1.165, 1.54) is 29.5 Å². The fraction of sp³-hybridized carbons (Fsp3) is 0.308. The zero-order valence-corrected chi connectivity index (χ0v) is 17.0. The molecule has 150 valence electrons. The Morgan fingerprint density at radius 1 is 0.900 bits per heavy atom. The zero-order chi connectivity index (χ0) is 19.9. The Morgan fingerprint density at radius 2 is 1.77 bits per heavy atom. The van der Waals surface area contributed by atoms with Crippen molar-refractivity contribution in [2.45, 2.75) is 50.7 Å². The molecule has 0 unspecified atom stereocenters. The van der Waals surface area contributed by atoms with Gasteiger partial charge in [-0.15, -0.1) is 0 Å². The van der Waals surface area contributed by atoms with Crippen molar-refractivity contribution >= 4 is 11.0 Å². The summed E-state index contributed by atoms with van der Waals surface area (Å²) in [6.07, 6.45) is 9.15. The minimum Gasteiger partial charge on any atom is -0.474 e. The average molecular weight is 396 g/mol. The molecule has 0 bridgehead atoms. The number of nitrogens with zero attached hydrogens (tertiary/aromatic N) is 3. The van der Waals surface area contributed by atoms with Gasteiger partial charge in [0.05, 0.1) is 11.7 Å². The lowest BCUT2D eigenvalue weighted by Crippen LogP contribution is -2.11. The number of hydrogen-bond acceptors (Lipinski definition) is 3. The highest BCUT2D eigenvalue weighted by molar-refractivity contribution is 5.81. The number of aromatic nitrogens is 3. The second-order valence-corrected chi connectivity index (χ2v) is 8.49. The van der Waals surface area contributed by atoms with E-state index in [2.05, 4.69) is 58.1 Å². The van der Waals surface area contributed by atoms with E-state index in [0.29, 0.717) is 18.0 Å². The Hall–Kier alpha value is -3.14. The highest BCUT2D eigenvalue weighted by atomic mass is 16.5. The lowest BCUT2D eigenvalue weighted by Gasteiger charge is -2.16. The maximum absolute atomic E-state index is 6.11. The third-order valence-electron chi connectivity index (χ3n) is 6.56. The first-order chi connectivity index (χ1) is 14.8. The number of ether oxygens (including phenoxy) is 1. The molecule has 30 heavy (non-hydrogen) atoms. The van der Waals surface area contributed by atoms with E-state index >= 15 is 0 Å². The van der Waals surface area contributed by atoms with Gasteiger partial charge in [-0.3, -0.25) is 0 Å². The van der Waals surface area contributed by atoms with Crippen LogP contribution in [0.15, 0.2) is 66.9 Å². The van der Waals surface area contributed by atoms with Crippen molar-refractivity contribution in [1.29, 1.82) is 0 Å². The van der Waals surface area contributed by atoms with E-state index in [9.17, 15) is 0 Å². The molecule has 1 aliphatic carbocycles. The molecule has 0 amide bonds. The summed E-state index contributed by atoms with van der Waals surface area (Å²) in [6.45, 7) is 0. The summed E-state index contributed by atoms with van der Waals surface area (Å²) >= 11 is 0. The summed E-state index contributed by atoms with van der Waals surface area (Å²) in [5, 5.41) is 1.21. The minimum atomic E-state index is 0.309. The molecule has 2 aliphatic rings. The molecule has 0 spiro atoms. The Balaban J connectivity index is 1.38. The van der Waals surface area contributed by atoms with Gasteiger partial charge >= 0.3 is 0 Å². The summed E-state index contributed by atoms with van der Waals surface area (Å²) < 4.78 is 8.55. The van der Waals surface area contributed by atoms with Crippen molar-refractivity contribution in [3.8, 4) is 17.1 Å². The molecule has 0 saturated heterocycles. The van der Waals surface area contributed by atoms with Crippen LogP contribution in [0.2, 0.25) is 0 Å². The van der Waals surface area contributed by atoms with Gasteiger partial charge in [0.25, 0.3) is 0 Å². The fourth-order valence-electron chi connectivity index (χ4n) is 5.07. The monoisotopic (exact) mass is 395 g/mol. The van der Waals surface area contributed by atoms with Gasteiger partial charge in [-0.05, 0) is 68.4 Å². The van der Waals surface area contributed by atoms with Gasteiger partial charge in [0.15, 0.2) is 0 Å². The van der Waals surface area contributed by atoms with E-state index in [0.717, 1.165) is 42.6 Å². The third kappa shape index (κ3) is 3.07. The van der Waals surface area contributed by atoms with Gasteiger partial charge in [-0.1, -0.05) is 30.3 Å². The number of fused-ring (bicyclic) bond motifs is 3. The van der Waals surface area contributed by atoms with Gasteiger partial charge in [0.2, 0.25) is 5.88 Å². The van der Waals surface area contributed by atoms with Crippen molar-refractivity contribution in [1.82, 2.24) is 14.5 Å². The summed E-state index contributed by atoms with van der Waals surface area (Å²) in [5.74, 6) is 0.712. The number of aryl methyl sites for hydroxylation is 1. The quantitative estimate of drug-likeness (QED) is 0.428. The Kier molecular flexibility index (Phi) is 4.29. The van der Waals surface area contributed by atoms with Gasteiger partial charge in [-0.2, -0.15) is 0 Å². The molecule has 1 saturated carbocycles. The lowest BCUT2D eigenvalue weighted by molar-refractivity contribution is 0.201. The van der Waals surface area contributed by atoms with Crippen LogP contribution in [0, 0.1) is 0 Å². The minimum absolute atomic E-state index is 0.309. The Bertz CT molecular complexity index is 1190. The maximum Gasteiger partial charge on any atom is 0.214 e. The largest absolute Gasteiger partial charge is 0.474 e. The van der Waals surface area contributed by atoms with Crippen LogP contribution in [-0.2, 0) is 6.42 Å². The number of rotatable bonds is 4. The predicted molar refractivity (Wildman–Crippen MR) is 119 cm³/mol. The van der Waals surface area contributed by atoms with Crippen molar-refractivity contribution in [2.75, 3.05) is 0 Å². The summed E-state index contributed by atoms with van der Waals surface area (Å²) in [6, 6.07) is 21.8. The van der Waals surface area contributed by atoms with Crippen molar-refractivity contribution in [3.05, 3.63) is 78.1 Å². The Labute approximate surface area is 176 Å². The summed E-state index contributed by atoms with van der Waals surface area (Å²) in [5.41, 5.74) is 5.84. The van der Waals surface area contributed by atoms with Gasteiger partial charge in [-0.25, -0.2) is 9.97 Å². The number of pyridine rings is 2. The fourth-order valence-corrected chi connectivity index (χ4v) is 5.07. The van der Waals surface area contributed by atoms with Crippen LogP contribution in [-0.4, -0.2) is 20.6 Å². The second-order valence-electron chi connectivity index (χ2n) is 8.49. The lowest BCUT2D eigenvalue weighted by atomic mass is 10.0. The SMILES string of the molecule is c1ccc([C@H]2CCc3cc4ccc(-c5ccnc(OC6CCCC6)c5)nc4n32)cc1. The number of benzene rings is 1. The third-order valence-corrected chi connectivity index (χ3v) is 6.56. The molecule has 0 N–H and O–H groups in total. The van der Waals surface area contributed by atoms with Crippen LogP contribution >= 0.6 is 0 Å². The molecule has 3 aromatic heterocycles. The van der Waals surface area contributed by atoms with Crippen LogP contribution in [0.5, 0.6) is 5.88 Å². The molecule has 1 aromatic carbocycles. The number of hydrogen-bond donors (Lipinski definition) is 0. The zero-order valence-electron chi connectivity index (χ0n) is 17.0. The highest BCUT2D eigenvalue weighted by Gasteiger charge is 2.26. The smallest absolute Gasteiger partial charge is 0.214 e. The Morgan fingerprint density at radius 3 is 2.63 bits per heavy atom. The second kappa shape index (κ2) is 7.28. The van der Waals surface area contributed by atoms with E-state index in [-0.39, 0.29) is 0 Å². The summed E-state index contributed by atoms with van der Waals surface area (Å²) in [7, 11) is 0. The molecule has 1 atom stereocenters. The highest BCUT2D eigenvalue weighted by Crippen LogP contribution is 2.37. The molecule has 4 nitrogen and oxygen atoms in total. The van der Waals surface area contributed by atoms with Crippen LogP contribution in [0.25, 0.3) is 22.3 Å². The van der Waals surface area contributed by atoms with Gasteiger partial charge in [0, 0.05) is 28.9 Å². The topological polar surface area (TPSA) is 39.9 Å². The average Bonchev–Trinajstić information content (AvgIpc) is 3.51. The van der Waals surface area contributed by atoms with E-state index in [1.54, 1.807) is 0 Å². The van der Waals surface area contributed by atoms with Crippen molar-refractivity contribution < 1.29 is 4.74 Å². The molecule has 0 radical (unpaired) electrons. The standard InChI is InChI=1S/C26H25N3O/c1-2-6-18(7-3-1)24-13-11-21-16-20-10-12-23(28-26(20)29(21)24)19-14-15-27-25(17-19)30-22-8-4-5-9-22/h1-3,6-7,10,12,14-17,22,24H,4-5,8-9,11,13H2/t24-/m1/s1. The normalized spacial score (nSPS) is 18.7. The van der Waals surface area contributed by atoms with Crippen LogP contribution in [0.1, 0.15) is 49.4 Å². The van der Waals surface area contributed by atoms with Crippen LogP contribution in [0.4, 0.5) is 0 Å². The maximum atomic E-state index is 6.11. The first-order valence-corrected chi connectivity index (χ1v) is 11.0. The van der Waals surface area contributed by atoms with E-state index in [1.807, 2.05) is 18.3 Å². The molecule has 1 aliphatic heterocycles. The molecule has 4 heteroatoms. The van der Waals surface area contributed by atoms with Crippen LogP contribution in [0.3, 0.4) is 0 Å². The molecular weight excluding hydrogens is 370 g/mol. The van der Waals surface area contributed by atoms with Crippen molar-refractivity contribution in [3.63, 3.8) is 0 Å². The summed E-state index contributed by atoms with van der Waals surface area (Å²) in [4.78, 5) is 9.54.